The highest BCUT2D eigenvalue weighted by atomic mass is 35.5. The Balaban J connectivity index is 1.56. The smallest absolute Gasteiger partial charge is 0.271 e. The van der Waals surface area contributed by atoms with Crippen LogP contribution < -0.4 is 10.9 Å². The second kappa shape index (κ2) is 10.0. The molecule has 1 N–H and O–H groups in total. The molecule has 0 amide bonds. The number of nitrogens with zero attached hydrogens (tertiary/aromatic N) is 3. The fourth-order valence-electron chi connectivity index (χ4n) is 4.59. The minimum Gasteiger partial charge on any atom is -0.611 e. The zero-order valence-corrected chi connectivity index (χ0v) is 21.2. The molecule has 0 radical (unpaired) electrons. The van der Waals surface area contributed by atoms with Crippen molar-refractivity contribution >= 4 is 45.4 Å². The van der Waals surface area contributed by atoms with Crippen LogP contribution in [0.3, 0.4) is 0 Å². The lowest BCUT2D eigenvalue weighted by Gasteiger charge is -2.29. The van der Waals surface area contributed by atoms with Gasteiger partial charge in [0.2, 0.25) is 5.95 Å². The van der Waals surface area contributed by atoms with E-state index in [9.17, 15) is 9.35 Å². The van der Waals surface area contributed by atoms with Crippen molar-refractivity contribution in [3.63, 3.8) is 0 Å². The monoisotopic (exact) mass is 486 g/mol. The van der Waals surface area contributed by atoms with Gasteiger partial charge in [-0.1, -0.05) is 24.9 Å². The third kappa shape index (κ3) is 5.05. The molecule has 1 atom stereocenters. The molecule has 0 aliphatic heterocycles. The van der Waals surface area contributed by atoms with Crippen molar-refractivity contribution in [3.8, 4) is 0 Å². The molecular formula is C25H31ClN4O2S. The standard InChI is InChI=1S/C25H31ClN4O2S/c1-5-17-6-8-19(9-7-17)33(32)20-10-11-22(16(4)12-20)28-25-27-14-18-13-21(26)24(31)30(15(2)3)23(18)29-25/h10-15,17,19H,5-9H2,1-4H3,(H,27,28,29)/t17-,19-,33-/m1/s1. The van der Waals surface area contributed by atoms with Gasteiger partial charge in [-0.25, -0.2) is 4.98 Å². The molecule has 0 bridgehead atoms. The molecule has 2 heterocycles. The van der Waals surface area contributed by atoms with Gasteiger partial charge in [-0.05, 0) is 93.4 Å². The van der Waals surface area contributed by atoms with Crippen LogP contribution in [0.25, 0.3) is 11.0 Å². The topological polar surface area (TPSA) is 82.9 Å². The van der Waals surface area contributed by atoms with Crippen molar-refractivity contribution in [2.75, 3.05) is 5.32 Å². The van der Waals surface area contributed by atoms with E-state index in [2.05, 4.69) is 22.2 Å². The highest BCUT2D eigenvalue weighted by Gasteiger charge is 2.30. The number of aryl methyl sites for hydroxylation is 1. The number of hydrogen-bond donors (Lipinski definition) is 1. The summed E-state index contributed by atoms with van der Waals surface area (Å²) in [5.41, 5.74) is 2.09. The van der Waals surface area contributed by atoms with Crippen LogP contribution in [0.5, 0.6) is 0 Å². The lowest BCUT2D eigenvalue weighted by atomic mass is 9.87. The van der Waals surface area contributed by atoms with Crippen LogP contribution in [0, 0.1) is 12.8 Å². The Hall–Kier alpha value is -2.09. The molecule has 4 rings (SSSR count). The number of nitrogens with one attached hydrogen (secondary N) is 1. The third-order valence-electron chi connectivity index (χ3n) is 6.60. The van der Waals surface area contributed by atoms with Crippen LogP contribution >= 0.6 is 11.6 Å². The molecule has 1 aliphatic carbocycles. The number of rotatable bonds is 6. The summed E-state index contributed by atoms with van der Waals surface area (Å²) in [4.78, 5) is 22.4. The molecule has 176 valence electrons. The second-order valence-electron chi connectivity index (χ2n) is 9.18. The first-order valence-corrected chi connectivity index (χ1v) is 13.2. The minimum atomic E-state index is -0.993. The summed E-state index contributed by atoms with van der Waals surface area (Å²) in [7, 11) is 0. The normalized spacial score (nSPS) is 19.7. The van der Waals surface area contributed by atoms with Crippen LogP contribution in [-0.2, 0) is 11.2 Å². The van der Waals surface area contributed by atoms with E-state index >= 15 is 0 Å². The van der Waals surface area contributed by atoms with Gasteiger partial charge in [-0.3, -0.25) is 9.36 Å². The van der Waals surface area contributed by atoms with Crippen molar-refractivity contribution in [2.24, 2.45) is 5.92 Å². The predicted octanol–water partition coefficient (Wildman–Crippen LogP) is 6.15. The van der Waals surface area contributed by atoms with Gasteiger partial charge in [0.25, 0.3) is 5.56 Å². The second-order valence-corrected chi connectivity index (χ2v) is 11.3. The Morgan fingerprint density at radius 1 is 1.24 bits per heavy atom. The SMILES string of the molecule is CC[C@H]1CC[C@H]([S@@+]([O-])c2ccc(Nc3ncc4cc(Cl)c(=O)n(C(C)C)c4n3)c(C)c2)CC1. The van der Waals surface area contributed by atoms with Gasteiger partial charge in [-0.2, -0.15) is 4.98 Å². The number of pyridine rings is 1. The highest BCUT2D eigenvalue weighted by molar-refractivity contribution is 7.92. The van der Waals surface area contributed by atoms with Crippen LogP contribution in [0.4, 0.5) is 11.6 Å². The summed E-state index contributed by atoms with van der Waals surface area (Å²) in [5.74, 6) is 1.19. The maximum Gasteiger partial charge on any atom is 0.271 e. The summed E-state index contributed by atoms with van der Waals surface area (Å²) in [6, 6.07) is 7.37. The molecule has 3 aromatic rings. The van der Waals surface area contributed by atoms with Gasteiger partial charge >= 0.3 is 0 Å². The Kier molecular flexibility index (Phi) is 7.31. The molecule has 1 aromatic carbocycles. The van der Waals surface area contributed by atoms with Gasteiger partial charge < -0.3 is 9.87 Å². The number of benzene rings is 1. The first-order chi connectivity index (χ1) is 15.8. The molecule has 33 heavy (non-hydrogen) atoms. The van der Waals surface area contributed by atoms with Crippen molar-refractivity contribution in [1.29, 1.82) is 0 Å². The lowest BCUT2D eigenvalue weighted by Crippen LogP contribution is -2.27. The molecular weight excluding hydrogens is 456 g/mol. The van der Waals surface area contributed by atoms with E-state index in [4.69, 9.17) is 11.6 Å². The average molecular weight is 487 g/mol. The zero-order valence-electron chi connectivity index (χ0n) is 19.6. The Morgan fingerprint density at radius 3 is 2.61 bits per heavy atom. The number of aromatic nitrogens is 3. The van der Waals surface area contributed by atoms with Crippen LogP contribution in [-0.4, -0.2) is 24.3 Å². The molecule has 1 aliphatic rings. The van der Waals surface area contributed by atoms with Gasteiger partial charge in [0.05, 0.1) is 0 Å². The van der Waals surface area contributed by atoms with Gasteiger partial charge in [0, 0.05) is 23.3 Å². The van der Waals surface area contributed by atoms with E-state index in [0.717, 1.165) is 34.9 Å². The van der Waals surface area contributed by atoms with Crippen LogP contribution in [0.2, 0.25) is 5.02 Å². The molecule has 0 saturated heterocycles. The molecule has 6 nitrogen and oxygen atoms in total. The predicted molar refractivity (Wildman–Crippen MR) is 136 cm³/mol. The Morgan fingerprint density at radius 2 is 1.97 bits per heavy atom. The maximum absolute atomic E-state index is 13.1. The minimum absolute atomic E-state index is 0.0927. The highest BCUT2D eigenvalue weighted by Crippen LogP contribution is 2.34. The summed E-state index contributed by atoms with van der Waals surface area (Å²) in [6.07, 6.45) is 7.32. The molecule has 2 aromatic heterocycles. The first-order valence-electron chi connectivity index (χ1n) is 11.6. The van der Waals surface area contributed by atoms with Crippen molar-refractivity contribution in [3.05, 3.63) is 51.4 Å². The van der Waals surface area contributed by atoms with Crippen LogP contribution in [0.1, 0.15) is 64.5 Å². The van der Waals surface area contributed by atoms with E-state index in [1.165, 1.54) is 19.3 Å². The zero-order chi connectivity index (χ0) is 23.7. The quantitative estimate of drug-likeness (QED) is 0.422. The number of anilines is 2. The van der Waals surface area contributed by atoms with Gasteiger partial charge in [-0.15, -0.1) is 0 Å². The largest absolute Gasteiger partial charge is 0.611 e. The van der Waals surface area contributed by atoms with E-state index in [1.807, 2.05) is 39.0 Å². The fourth-order valence-corrected chi connectivity index (χ4v) is 6.38. The number of fused-ring (bicyclic) bond motifs is 1. The summed E-state index contributed by atoms with van der Waals surface area (Å²) in [5, 5.41) is 4.36. The molecule has 0 spiro atoms. The van der Waals surface area contributed by atoms with E-state index in [1.54, 1.807) is 16.8 Å². The molecule has 0 unspecified atom stereocenters. The van der Waals surface area contributed by atoms with Crippen molar-refractivity contribution in [1.82, 2.24) is 14.5 Å². The summed E-state index contributed by atoms with van der Waals surface area (Å²) in [6.45, 7) is 8.07. The molecule has 8 heteroatoms. The van der Waals surface area contributed by atoms with Crippen LogP contribution in [0.15, 0.2) is 40.2 Å². The van der Waals surface area contributed by atoms with E-state index < -0.39 is 11.2 Å². The number of halogens is 1. The molecule has 1 saturated carbocycles. The Labute approximate surface area is 203 Å². The van der Waals surface area contributed by atoms with Gasteiger partial charge in [0.1, 0.15) is 15.9 Å². The average Bonchev–Trinajstić information content (AvgIpc) is 2.80. The lowest BCUT2D eigenvalue weighted by molar-refractivity contribution is 0.348. The van der Waals surface area contributed by atoms with E-state index in [-0.39, 0.29) is 21.9 Å². The third-order valence-corrected chi connectivity index (χ3v) is 8.66. The molecule has 1 fully saturated rings. The van der Waals surface area contributed by atoms with Gasteiger partial charge in [0.15, 0.2) is 4.90 Å². The first kappa shape index (κ1) is 24.0. The van der Waals surface area contributed by atoms with E-state index in [0.29, 0.717) is 17.0 Å². The van der Waals surface area contributed by atoms with Crippen molar-refractivity contribution in [2.45, 2.75) is 76.0 Å². The Bertz CT molecular complexity index is 1200. The fraction of sp³-hybridized carbons (Fsp3) is 0.480. The van der Waals surface area contributed by atoms with Crippen molar-refractivity contribution < 1.29 is 4.55 Å². The summed E-state index contributed by atoms with van der Waals surface area (Å²) < 4.78 is 14.7. The maximum atomic E-state index is 13.1. The summed E-state index contributed by atoms with van der Waals surface area (Å²) >= 11 is 5.12. The number of hydrogen-bond acceptors (Lipinski definition) is 5.